The van der Waals surface area contributed by atoms with Crippen LogP contribution in [0.15, 0.2) is 24.5 Å². The summed E-state index contributed by atoms with van der Waals surface area (Å²) in [5, 5.41) is 8.74. The fourth-order valence-corrected chi connectivity index (χ4v) is 1.06. The Balaban J connectivity index is 2.47. The van der Waals surface area contributed by atoms with Gasteiger partial charge in [0.1, 0.15) is 11.8 Å². The molecule has 0 aliphatic carbocycles. The average molecular weight is 238 g/mol. The van der Waals surface area contributed by atoms with Crippen molar-refractivity contribution in [1.82, 2.24) is 9.88 Å². The first-order valence-electron chi connectivity index (χ1n) is 5.03. The topological polar surface area (TPSA) is 79.7 Å². The Morgan fingerprint density at radius 1 is 1.59 bits per heavy atom. The average Bonchev–Trinajstić information content (AvgIpc) is 2.35. The highest BCUT2D eigenvalue weighted by atomic mass is 16.5. The van der Waals surface area contributed by atoms with E-state index in [1.165, 1.54) is 20.2 Å². The van der Waals surface area contributed by atoms with Crippen LogP contribution in [0.2, 0.25) is 0 Å². The standard InChI is InChI=1S/C11H14N2O4/c1-8(11(15)16)13(2)10(14)7-17-9-4-3-5-12-6-9/h3-6,8H,7H2,1-2H3,(H,15,16). The van der Waals surface area contributed by atoms with E-state index in [1.54, 1.807) is 18.3 Å². The lowest BCUT2D eigenvalue weighted by atomic mass is 10.3. The Hall–Kier alpha value is -2.11. The second-order valence-corrected chi connectivity index (χ2v) is 3.50. The first-order valence-corrected chi connectivity index (χ1v) is 5.03. The van der Waals surface area contributed by atoms with E-state index in [2.05, 4.69) is 4.98 Å². The number of aliphatic carboxylic acids is 1. The van der Waals surface area contributed by atoms with Crippen molar-refractivity contribution >= 4 is 11.9 Å². The molecule has 1 aromatic heterocycles. The Labute approximate surface area is 98.8 Å². The van der Waals surface area contributed by atoms with Gasteiger partial charge in [0.15, 0.2) is 6.61 Å². The molecule has 0 bridgehead atoms. The fraction of sp³-hybridized carbons (Fsp3) is 0.364. The molecule has 1 heterocycles. The highest BCUT2D eigenvalue weighted by Gasteiger charge is 2.21. The summed E-state index contributed by atoms with van der Waals surface area (Å²) in [5.74, 6) is -0.983. The molecule has 0 saturated heterocycles. The number of carboxylic acid groups (broad SMARTS) is 1. The molecule has 0 fully saturated rings. The van der Waals surface area contributed by atoms with Crippen molar-refractivity contribution in [3.63, 3.8) is 0 Å². The summed E-state index contributed by atoms with van der Waals surface area (Å²) < 4.78 is 5.17. The summed E-state index contributed by atoms with van der Waals surface area (Å²) in [6.45, 7) is 1.23. The van der Waals surface area contributed by atoms with Crippen LogP contribution >= 0.6 is 0 Å². The van der Waals surface area contributed by atoms with E-state index >= 15 is 0 Å². The lowest BCUT2D eigenvalue weighted by Gasteiger charge is -2.21. The van der Waals surface area contributed by atoms with Gasteiger partial charge in [-0.15, -0.1) is 0 Å². The SMILES string of the molecule is CC(C(=O)O)N(C)C(=O)COc1cccnc1. The zero-order valence-corrected chi connectivity index (χ0v) is 9.66. The fourth-order valence-electron chi connectivity index (χ4n) is 1.06. The lowest BCUT2D eigenvalue weighted by molar-refractivity contribution is -0.148. The molecule has 0 saturated carbocycles. The Bertz CT molecular complexity index is 394. The Morgan fingerprint density at radius 2 is 2.29 bits per heavy atom. The smallest absolute Gasteiger partial charge is 0.326 e. The molecule has 6 heteroatoms. The minimum absolute atomic E-state index is 0.209. The second kappa shape index (κ2) is 5.83. The molecule has 1 atom stereocenters. The number of pyridine rings is 1. The summed E-state index contributed by atoms with van der Waals surface area (Å²) in [4.78, 5) is 27.2. The quantitative estimate of drug-likeness (QED) is 0.802. The first-order chi connectivity index (χ1) is 8.02. The maximum atomic E-state index is 11.6. The highest BCUT2D eigenvalue weighted by Crippen LogP contribution is 2.06. The number of likely N-dealkylation sites (N-methyl/N-ethyl adjacent to an activating group) is 1. The van der Waals surface area contributed by atoms with Crippen molar-refractivity contribution in [2.75, 3.05) is 13.7 Å². The molecule has 0 aliphatic rings. The Kier molecular flexibility index (Phi) is 4.45. The minimum atomic E-state index is -1.05. The van der Waals surface area contributed by atoms with Gasteiger partial charge in [-0.05, 0) is 19.1 Å². The third-order valence-corrected chi connectivity index (χ3v) is 2.33. The van der Waals surface area contributed by atoms with Gasteiger partial charge in [-0.25, -0.2) is 4.79 Å². The molecule has 0 radical (unpaired) electrons. The summed E-state index contributed by atoms with van der Waals surface area (Å²) in [6, 6.07) is 2.48. The number of amides is 1. The zero-order valence-electron chi connectivity index (χ0n) is 9.66. The summed E-state index contributed by atoms with van der Waals surface area (Å²) in [6.07, 6.45) is 3.07. The third-order valence-electron chi connectivity index (χ3n) is 2.33. The van der Waals surface area contributed by atoms with E-state index in [4.69, 9.17) is 9.84 Å². The third kappa shape index (κ3) is 3.75. The van der Waals surface area contributed by atoms with Gasteiger partial charge in [0, 0.05) is 13.2 Å². The first kappa shape index (κ1) is 13.0. The molecule has 92 valence electrons. The maximum absolute atomic E-state index is 11.6. The number of carboxylic acids is 1. The largest absolute Gasteiger partial charge is 0.482 e. The van der Waals surface area contributed by atoms with E-state index in [1.807, 2.05) is 0 Å². The van der Waals surface area contributed by atoms with E-state index in [0.717, 1.165) is 4.90 Å². The summed E-state index contributed by atoms with van der Waals surface area (Å²) in [5.41, 5.74) is 0. The van der Waals surface area contributed by atoms with Gasteiger partial charge in [0.25, 0.3) is 5.91 Å². The van der Waals surface area contributed by atoms with Crippen molar-refractivity contribution in [2.24, 2.45) is 0 Å². The Morgan fingerprint density at radius 3 is 2.82 bits per heavy atom. The molecule has 1 amide bonds. The van der Waals surface area contributed by atoms with Crippen LogP contribution in [-0.4, -0.2) is 46.6 Å². The number of hydrogen-bond acceptors (Lipinski definition) is 4. The van der Waals surface area contributed by atoms with Gasteiger partial charge in [-0.2, -0.15) is 0 Å². The molecule has 1 rings (SSSR count). The number of ether oxygens (including phenoxy) is 1. The monoisotopic (exact) mass is 238 g/mol. The molecule has 1 N–H and O–H groups in total. The molecule has 1 aromatic rings. The normalized spacial score (nSPS) is 11.6. The number of rotatable bonds is 5. The number of nitrogens with zero attached hydrogens (tertiary/aromatic N) is 2. The van der Waals surface area contributed by atoms with Crippen molar-refractivity contribution in [3.05, 3.63) is 24.5 Å². The van der Waals surface area contributed by atoms with Crippen LogP contribution in [-0.2, 0) is 9.59 Å². The zero-order chi connectivity index (χ0) is 12.8. The van der Waals surface area contributed by atoms with Gasteiger partial charge in [0.2, 0.25) is 0 Å². The van der Waals surface area contributed by atoms with E-state index in [-0.39, 0.29) is 6.61 Å². The summed E-state index contributed by atoms with van der Waals surface area (Å²) in [7, 11) is 1.42. The van der Waals surface area contributed by atoms with Gasteiger partial charge < -0.3 is 14.7 Å². The number of carbonyl (C=O) groups excluding carboxylic acids is 1. The van der Waals surface area contributed by atoms with Crippen LogP contribution in [0, 0.1) is 0 Å². The molecule has 1 unspecified atom stereocenters. The van der Waals surface area contributed by atoms with Crippen molar-refractivity contribution in [2.45, 2.75) is 13.0 Å². The number of aromatic nitrogens is 1. The molecule has 6 nitrogen and oxygen atoms in total. The van der Waals surface area contributed by atoms with Crippen LogP contribution < -0.4 is 4.74 Å². The number of hydrogen-bond donors (Lipinski definition) is 1. The van der Waals surface area contributed by atoms with Gasteiger partial charge >= 0.3 is 5.97 Å². The second-order valence-electron chi connectivity index (χ2n) is 3.50. The van der Waals surface area contributed by atoms with Crippen LogP contribution in [0.1, 0.15) is 6.92 Å². The van der Waals surface area contributed by atoms with Gasteiger partial charge in [-0.1, -0.05) is 0 Å². The van der Waals surface area contributed by atoms with E-state index in [9.17, 15) is 9.59 Å². The predicted molar refractivity (Wildman–Crippen MR) is 59.6 cm³/mol. The van der Waals surface area contributed by atoms with Crippen molar-refractivity contribution in [1.29, 1.82) is 0 Å². The molecule has 0 spiro atoms. The highest BCUT2D eigenvalue weighted by molar-refractivity contribution is 5.83. The molecule has 17 heavy (non-hydrogen) atoms. The van der Waals surface area contributed by atoms with E-state index in [0.29, 0.717) is 5.75 Å². The van der Waals surface area contributed by atoms with Crippen LogP contribution in [0.4, 0.5) is 0 Å². The number of carbonyl (C=O) groups is 2. The molecular formula is C11H14N2O4. The van der Waals surface area contributed by atoms with Crippen molar-refractivity contribution < 1.29 is 19.4 Å². The van der Waals surface area contributed by atoms with Crippen LogP contribution in [0.3, 0.4) is 0 Å². The van der Waals surface area contributed by atoms with Gasteiger partial charge in [0.05, 0.1) is 6.20 Å². The molecule has 0 aliphatic heterocycles. The predicted octanol–water partition coefficient (Wildman–Crippen LogP) is 0.392. The minimum Gasteiger partial charge on any atom is -0.482 e. The molecular weight excluding hydrogens is 224 g/mol. The van der Waals surface area contributed by atoms with Crippen molar-refractivity contribution in [3.8, 4) is 5.75 Å². The summed E-state index contributed by atoms with van der Waals surface area (Å²) >= 11 is 0. The van der Waals surface area contributed by atoms with Gasteiger partial charge in [-0.3, -0.25) is 9.78 Å². The maximum Gasteiger partial charge on any atom is 0.326 e. The van der Waals surface area contributed by atoms with Crippen LogP contribution in [0.25, 0.3) is 0 Å². The van der Waals surface area contributed by atoms with E-state index < -0.39 is 17.9 Å². The molecule has 0 aromatic carbocycles. The lowest BCUT2D eigenvalue weighted by Crippen LogP contribution is -2.42. The van der Waals surface area contributed by atoms with Crippen LogP contribution in [0.5, 0.6) is 5.75 Å².